The first-order chi connectivity index (χ1) is 9.47. The molecule has 1 saturated heterocycles. The number of anilines is 1. The van der Waals surface area contributed by atoms with Crippen molar-refractivity contribution in [2.45, 2.75) is 25.8 Å². The first kappa shape index (κ1) is 15.0. The van der Waals surface area contributed by atoms with E-state index in [1.165, 1.54) is 0 Å². The second-order valence-electron chi connectivity index (χ2n) is 4.97. The van der Waals surface area contributed by atoms with Gasteiger partial charge in [-0.15, -0.1) is 0 Å². The van der Waals surface area contributed by atoms with E-state index in [9.17, 15) is 9.59 Å². The smallest absolute Gasteiger partial charge is 0.320 e. The molecule has 0 aliphatic carbocycles. The van der Waals surface area contributed by atoms with Crippen LogP contribution in [0, 0.1) is 6.92 Å². The van der Waals surface area contributed by atoms with Gasteiger partial charge in [-0.25, -0.2) is 0 Å². The zero-order chi connectivity index (χ0) is 14.7. The number of rotatable bonds is 4. The highest BCUT2D eigenvalue weighted by Gasteiger charge is 2.31. The van der Waals surface area contributed by atoms with Crippen molar-refractivity contribution in [1.29, 1.82) is 0 Å². The third-order valence-electron chi connectivity index (χ3n) is 3.46. The Morgan fingerprint density at radius 1 is 1.50 bits per heavy atom. The van der Waals surface area contributed by atoms with Crippen LogP contribution in [-0.4, -0.2) is 41.0 Å². The van der Waals surface area contributed by atoms with Gasteiger partial charge in [0.2, 0.25) is 5.91 Å². The Kier molecular flexibility index (Phi) is 4.77. The largest absolute Gasteiger partial charge is 0.480 e. The highest BCUT2D eigenvalue weighted by Crippen LogP contribution is 2.21. The van der Waals surface area contributed by atoms with Crippen LogP contribution in [0.5, 0.6) is 0 Å². The topological polar surface area (TPSA) is 69.6 Å². The van der Waals surface area contributed by atoms with Crippen molar-refractivity contribution in [3.8, 4) is 0 Å². The van der Waals surface area contributed by atoms with Crippen molar-refractivity contribution < 1.29 is 14.7 Å². The van der Waals surface area contributed by atoms with E-state index in [1.54, 1.807) is 4.90 Å². The average Bonchev–Trinajstić information content (AvgIpc) is 2.81. The van der Waals surface area contributed by atoms with Gasteiger partial charge in [0.05, 0.1) is 6.54 Å². The highest BCUT2D eigenvalue weighted by atomic mass is 79.9. The molecule has 2 N–H and O–H groups in total. The van der Waals surface area contributed by atoms with Crippen LogP contribution in [0.2, 0.25) is 0 Å². The minimum absolute atomic E-state index is 0.118. The maximum absolute atomic E-state index is 12.0. The second kappa shape index (κ2) is 6.37. The minimum Gasteiger partial charge on any atom is -0.480 e. The number of carboxylic acid groups (broad SMARTS) is 1. The molecule has 1 aliphatic heterocycles. The molecule has 108 valence electrons. The highest BCUT2D eigenvalue weighted by molar-refractivity contribution is 9.10. The molecular formula is C14H17BrN2O3. The quantitative estimate of drug-likeness (QED) is 0.881. The number of aliphatic carboxylic acids is 1. The zero-order valence-electron chi connectivity index (χ0n) is 11.2. The molecule has 0 saturated carbocycles. The van der Waals surface area contributed by atoms with Crippen molar-refractivity contribution in [3.63, 3.8) is 0 Å². The molecule has 1 aromatic rings. The summed E-state index contributed by atoms with van der Waals surface area (Å²) in [6.45, 7) is 2.69. The summed E-state index contributed by atoms with van der Waals surface area (Å²) in [6.07, 6.45) is 1.43. The summed E-state index contributed by atoms with van der Waals surface area (Å²) in [5.74, 6) is -1.03. The molecule has 2 rings (SSSR count). The number of hydrogen-bond donors (Lipinski definition) is 2. The molecule has 1 fully saturated rings. The fraction of sp³-hybridized carbons (Fsp3) is 0.429. The molecule has 0 radical (unpaired) electrons. The lowest BCUT2D eigenvalue weighted by atomic mass is 10.2. The van der Waals surface area contributed by atoms with E-state index in [2.05, 4.69) is 21.2 Å². The van der Waals surface area contributed by atoms with Gasteiger partial charge < -0.3 is 10.4 Å². The van der Waals surface area contributed by atoms with Crippen LogP contribution >= 0.6 is 15.9 Å². The van der Waals surface area contributed by atoms with Gasteiger partial charge in [-0.1, -0.05) is 15.9 Å². The Bertz CT molecular complexity index is 533. The summed E-state index contributed by atoms with van der Waals surface area (Å²) in [6, 6.07) is 5.08. The number of halogens is 1. The molecule has 1 amide bonds. The van der Waals surface area contributed by atoms with Gasteiger partial charge in [0.1, 0.15) is 6.04 Å². The molecule has 0 aromatic heterocycles. The van der Waals surface area contributed by atoms with E-state index >= 15 is 0 Å². The molecule has 1 aliphatic rings. The van der Waals surface area contributed by atoms with Gasteiger partial charge in [-0.05, 0) is 50.1 Å². The van der Waals surface area contributed by atoms with Gasteiger partial charge in [0.25, 0.3) is 0 Å². The molecule has 1 aromatic carbocycles. The fourth-order valence-corrected chi connectivity index (χ4v) is 2.91. The van der Waals surface area contributed by atoms with Gasteiger partial charge in [0, 0.05) is 10.2 Å². The monoisotopic (exact) mass is 340 g/mol. The number of nitrogens with one attached hydrogen (secondary N) is 1. The van der Waals surface area contributed by atoms with Crippen LogP contribution in [0.25, 0.3) is 0 Å². The number of likely N-dealkylation sites (tertiary alicyclic amines) is 1. The van der Waals surface area contributed by atoms with Crippen molar-refractivity contribution >= 4 is 33.5 Å². The number of benzene rings is 1. The molecule has 5 nitrogen and oxygen atoms in total. The van der Waals surface area contributed by atoms with Gasteiger partial charge in [0.15, 0.2) is 0 Å². The van der Waals surface area contributed by atoms with Crippen molar-refractivity contribution in [1.82, 2.24) is 4.90 Å². The molecular weight excluding hydrogens is 324 g/mol. The molecule has 1 heterocycles. The van der Waals surface area contributed by atoms with E-state index in [1.807, 2.05) is 25.1 Å². The van der Waals surface area contributed by atoms with Crippen molar-refractivity contribution in [2.24, 2.45) is 0 Å². The summed E-state index contributed by atoms with van der Waals surface area (Å²) >= 11 is 3.37. The number of hydrogen-bond acceptors (Lipinski definition) is 3. The van der Waals surface area contributed by atoms with E-state index in [-0.39, 0.29) is 12.5 Å². The number of carbonyl (C=O) groups excluding carboxylic acids is 1. The molecule has 6 heteroatoms. The number of amides is 1. The lowest BCUT2D eigenvalue weighted by Crippen LogP contribution is -2.40. The van der Waals surface area contributed by atoms with Crippen LogP contribution < -0.4 is 5.32 Å². The second-order valence-corrected chi connectivity index (χ2v) is 5.89. The lowest BCUT2D eigenvalue weighted by Gasteiger charge is -2.20. The number of carbonyl (C=O) groups is 2. The predicted molar refractivity (Wildman–Crippen MR) is 79.7 cm³/mol. The molecule has 20 heavy (non-hydrogen) atoms. The number of nitrogens with zero attached hydrogens (tertiary/aromatic N) is 1. The number of carboxylic acids is 1. The van der Waals surface area contributed by atoms with Gasteiger partial charge >= 0.3 is 5.97 Å². The third-order valence-corrected chi connectivity index (χ3v) is 3.95. The summed E-state index contributed by atoms with van der Waals surface area (Å²) in [4.78, 5) is 24.8. The third kappa shape index (κ3) is 3.58. The van der Waals surface area contributed by atoms with Crippen LogP contribution in [0.3, 0.4) is 0 Å². The molecule has 0 bridgehead atoms. The standard InChI is InChI=1S/C14H17BrN2O3/c1-9-7-10(15)4-5-11(9)16-13(18)8-17-6-2-3-12(17)14(19)20/h4-5,7,12H,2-3,6,8H2,1H3,(H,16,18)(H,19,20)/t12-/m0/s1. The SMILES string of the molecule is Cc1cc(Br)ccc1NC(=O)CN1CCC[C@H]1C(=O)O. The molecule has 0 spiro atoms. The fourth-order valence-electron chi connectivity index (χ4n) is 2.44. The van der Waals surface area contributed by atoms with Crippen LogP contribution in [0.1, 0.15) is 18.4 Å². The Morgan fingerprint density at radius 2 is 2.25 bits per heavy atom. The van der Waals surface area contributed by atoms with Crippen LogP contribution in [0.15, 0.2) is 22.7 Å². The Labute approximate surface area is 126 Å². The summed E-state index contributed by atoms with van der Waals surface area (Å²) < 4.78 is 0.957. The average molecular weight is 341 g/mol. The summed E-state index contributed by atoms with van der Waals surface area (Å²) in [5, 5.41) is 11.9. The Hall–Kier alpha value is -1.40. The number of aryl methyl sites for hydroxylation is 1. The van der Waals surface area contributed by atoms with Crippen LogP contribution in [0.4, 0.5) is 5.69 Å². The van der Waals surface area contributed by atoms with Crippen LogP contribution in [-0.2, 0) is 9.59 Å². The molecule has 1 atom stereocenters. The Balaban J connectivity index is 1.97. The first-order valence-corrected chi connectivity index (χ1v) is 7.29. The maximum atomic E-state index is 12.0. The molecule has 0 unspecified atom stereocenters. The van der Waals surface area contributed by atoms with Gasteiger partial charge in [-0.2, -0.15) is 0 Å². The minimum atomic E-state index is -0.852. The Morgan fingerprint density at radius 3 is 2.90 bits per heavy atom. The normalized spacial score (nSPS) is 19.0. The maximum Gasteiger partial charge on any atom is 0.320 e. The predicted octanol–water partition coefficient (Wildman–Crippen LogP) is 2.25. The van der Waals surface area contributed by atoms with E-state index in [0.29, 0.717) is 13.0 Å². The summed E-state index contributed by atoms with van der Waals surface area (Å²) in [5.41, 5.74) is 1.72. The van der Waals surface area contributed by atoms with E-state index in [0.717, 1.165) is 22.1 Å². The van der Waals surface area contributed by atoms with Gasteiger partial charge in [-0.3, -0.25) is 14.5 Å². The van der Waals surface area contributed by atoms with Crippen molar-refractivity contribution in [2.75, 3.05) is 18.4 Å². The summed E-state index contributed by atoms with van der Waals surface area (Å²) in [7, 11) is 0. The van der Waals surface area contributed by atoms with E-state index < -0.39 is 12.0 Å². The first-order valence-electron chi connectivity index (χ1n) is 6.50. The van der Waals surface area contributed by atoms with E-state index in [4.69, 9.17) is 5.11 Å². The van der Waals surface area contributed by atoms with Crippen molar-refractivity contribution in [3.05, 3.63) is 28.2 Å². The lowest BCUT2D eigenvalue weighted by molar-refractivity contribution is -0.142. The zero-order valence-corrected chi connectivity index (χ0v) is 12.8.